The van der Waals surface area contributed by atoms with E-state index in [9.17, 15) is 13.2 Å². The highest BCUT2D eigenvalue weighted by molar-refractivity contribution is 7.90. The van der Waals surface area contributed by atoms with Crippen LogP contribution < -0.4 is 10.1 Å². The maximum Gasteiger partial charge on any atom is 0.251 e. The van der Waals surface area contributed by atoms with Gasteiger partial charge in [0.25, 0.3) is 5.91 Å². The van der Waals surface area contributed by atoms with E-state index in [0.717, 1.165) is 33.4 Å². The van der Waals surface area contributed by atoms with Crippen LogP contribution in [0.1, 0.15) is 21.5 Å². The van der Waals surface area contributed by atoms with Gasteiger partial charge in [-0.1, -0.05) is 72.8 Å². The normalized spacial score (nSPS) is 11.4. The molecule has 4 aromatic carbocycles. The lowest BCUT2D eigenvalue weighted by molar-refractivity contribution is 0.0951. The van der Waals surface area contributed by atoms with E-state index < -0.39 is 10.0 Å². The molecule has 5 rings (SSSR count). The van der Waals surface area contributed by atoms with E-state index in [-0.39, 0.29) is 11.7 Å². The third-order valence-corrected chi connectivity index (χ3v) is 8.14. The van der Waals surface area contributed by atoms with E-state index in [0.29, 0.717) is 24.0 Å². The zero-order valence-electron chi connectivity index (χ0n) is 21.0. The number of rotatable bonds is 9. The van der Waals surface area contributed by atoms with Gasteiger partial charge in [0.1, 0.15) is 5.75 Å². The summed E-state index contributed by atoms with van der Waals surface area (Å²) in [7, 11) is -2.01. The molecular weight excluding hydrogens is 496 g/mol. The molecule has 1 aromatic heterocycles. The Bertz CT molecular complexity index is 1670. The third kappa shape index (κ3) is 5.48. The Balaban J connectivity index is 1.27. The molecule has 0 bridgehead atoms. The van der Waals surface area contributed by atoms with Gasteiger partial charge in [-0.2, -0.15) is 0 Å². The van der Waals surface area contributed by atoms with Crippen LogP contribution >= 0.6 is 0 Å². The fraction of sp³-hybridized carbons (Fsp3) is 0.129. The molecule has 0 saturated carbocycles. The Kier molecular flexibility index (Phi) is 7.29. The molecule has 192 valence electrons. The van der Waals surface area contributed by atoms with Gasteiger partial charge in [-0.25, -0.2) is 12.4 Å². The van der Waals surface area contributed by atoms with Gasteiger partial charge in [-0.05, 0) is 53.4 Å². The minimum atomic E-state index is -3.62. The number of methoxy groups -OCH3 is 1. The summed E-state index contributed by atoms with van der Waals surface area (Å²) in [5.74, 6) is 0.487. The first-order valence-corrected chi connectivity index (χ1v) is 13.9. The summed E-state index contributed by atoms with van der Waals surface area (Å²) in [4.78, 5) is 12.6. The Labute approximate surface area is 222 Å². The van der Waals surface area contributed by atoms with Gasteiger partial charge in [0.05, 0.1) is 18.4 Å². The number of hydrogen-bond acceptors (Lipinski definition) is 4. The average Bonchev–Trinajstić information content (AvgIpc) is 3.36. The van der Waals surface area contributed by atoms with Crippen molar-refractivity contribution in [2.24, 2.45) is 0 Å². The van der Waals surface area contributed by atoms with Crippen molar-refractivity contribution in [2.45, 2.75) is 13.0 Å². The molecule has 0 fully saturated rings. The van der Waals surface area contributed by atoms with Crippen LogP contribution in [-0.2, 0) is 23.0 Å². The molecule has 38 heavy (non-hydrogen) atoms. The van der Waals surface area contributed by atoms with Gasteiger partial charge in [0.15, 0.2) is 0 Å². The molecule has 6 nitrogen and oxygen atoms in total. The van der Waals surface area contributed by atoms with Gasteiger partial charge in [0.2, 0.25) is 10.0 Å². The molecule has 0 aliphatic rings. The lowest BCUT2D eigenvalue weighted by Gasteiger charge is -2.09. The van der Waals surface area contributed by atoms with Crippen molar-refractivity contribution >= 4 is 26.8 Å². The first-order chi connectivity index (χ1) is 18.4. The minimum Gasteiger partial charge on any atom is -0.497 e. The Morgan fingerprint density at radius 1 is 0.842 bits per heavy atom. The molecule has 0 spiro atoms. The van der Waals surface area contributed by atoms with E-state index >= 15 is 0 Å². The topological polar surface area (TPSA) is 77.4 Å². The maximum absolute atomic E-state index is 13.4. The number of hydrogen-bond donors (Lipinski definition) is 1. The predicted molar refractivity (Wildman–Crippen MR) is 151 cm³/mol. The van der Waals surface area contributed by atoms with Crippen LogP contribution in [0.4, 0.5) is 0 Å². The van der Waals surface area contributed by atoms with Crippen molar-refractivity contribution in [3.05, 3.63) is 126 Å². The molecule has 0 radical (unpaired) electrons. The largest absolute Gasteiger partial charge is 0.497 e. The van der Waals surface area contributed by atoms with Gasteiger partial charge in [0, 0.05) is 29.3 Å². The van der Waals surface area contributed by atoms with Gasteiger partial charge < -0.3 is 10.1 Å². The zero-order valence-corrected chi connectivity index (χ0v) is 21.8. The van der Waals surface area contributed by atoms with Crippen molar-refractivity contribution in [1.82, 2.24) is 9.29 Å². The summed E-state index contributed by atoms with van der Waals surface area (Å²) >= 11 is 0. The standard InChI is InChI=1S/C31H28N2O4S/c1-37-27-11-7-8-24(20-27)21-32-31(34)26-16-14-23(15-17-26)18-19-38(35,36)33-22-29(25-9-3-2-4-10-25)28-12-5-6-13-30(28)33/h2-17,20,22H,18-19,21H2,1H3,(H,32,34). The number of fused-ring (bicyclic) bond motifs is 1. The average molecular weight is 525 g/mol. The molecule has 1 N–H and O–H groups in total. The van der Waals surface area contributed by atoms with Crippen molar-refractivity contribution in [3.63, 3.8) is 0 Å². The van der Waals surface area contributed by atoms with Crippen molar-refractivity contribution in [2.75, 3.05) is 12.9 Å². The Hall–Kier alpha value is -4.36. The summed E-state index contributed by atoms with van der Waals surface area (Å²) in [6.07, 6.45) is 2.05. The van der Waals surface area contributed by atoms with Gasteiger partial charge in [-0.15, -0.1) is 0 Å². The predicted octanol–water partition coefficient (Wildman–Crippen LogP) is 5.67. The van der Waals surface area contributed by atoms with Gasteiger partial charge in [-0.3, -0.25) is 4.79 Å². The summed E-state index contributed by atoms with van der Waals surface area (Å²) in [5, 5.41) is 3.80. The highest BCUT2D eigenvalue weighted by Crippen LogP contribution is 2.31. The lowest BCUT2D eigenvalue weighted by atomic mass is 10.1. The highest BCUT2D eigenvalue weighted by Gasteiger charge is 2.19. The van der Waals surface area contributed by atoms with Crippen molar-refractivity contribution in [3.8, 4) is 16.9 Å². The van der Waals surface area contributed by atoms with Crippen LogP contribution in [0.5, 0.6) is 5.75 Å². The zero-order chi connectivity index (χ0) is 26.5. The van der Waals surface area contributed by atoms with E-state index in [1.54, 1.807) is 37.6 Å². The molecule has 0 aliphatic heterocycles. The fourth-order valence-electron chi connectivity index (χ4n) is 4.46. The first kappa shape index (κ1) is 25.3. The molecule has 5 aromatic rings. The number of para-hydroxylation sites is 1. The molecule has 0 aliphatic carbocycles. The van der Waals surface area contributed by atoms with Crippen molar-refractivity contribution < 1.29 is 17.9 Å². The summed E-state index contributed by atoms with van der Waals surface area (Å²) in [6.45, 7) is 0.381. The van der Waals surface area contributed by atoms with Crippen LogP contribution in [0.25, 0.3) is 22.0 Å². The monoisotopic (exact) mass is 524 g/mol. The summed E-state index contributed by atoms with van der Waals surface area (Å²) in [6, 6.07) is 31.9. The third-order valence-electron chi connectivity index (χ3n) is 6.51. The highest BCUT2D eigenvalue weighted by atomic mass is 32.2. The number of aromatic nitrogens is 1. The number of ether oxygens (including phenoxy) is 1. The van der Waals surface area contributed by atoms with E-state index in [4.69, 9.17) is 4.74 Å². The number of aryl methyl sites for hydroxylation is 1. The second-order valence-corrected chi connectivity index (χ2v) is 11.0. The van der Waals surface area contributed by atoms with Gasteiger partial charge >= 0.3 is 0 Å². The van der Waals surface area contributed by atoms with Crippen LogP contribution in [0.2, 0.25) is 0 Å². The van der Waals surface area contributed by atoms with Crippen LogP contribution in [0.15, 0.2) is 109 Å². The number of nitrogens with zero attached hydrogens (tertiary/aromatic N) is 1. The first-order valence-electron chi connectivity index (χ1n) is 12.3. The SMILES string of the molecule is COc1cccc(CNC(=O)c2ccc(CCS(=O)(=O)n3cc(-c4ccccc4)c4ccccc43)cc2)c1. The number of carbonyl (C=O) groups is 1. The smallest absolute Gasteiger partial charge is 0.251 e. The summed E-state index contributed by atoms with van der Waals surface area (Å²) in [5.41, 5.74) is 4.81. The molecular formula is C31H28N2O4S. The lowest BCUT2D eigenvalue weighted by Crippen LogP contribution is -2.22. The van der Waals surface area contributed by atoms with Crippen LogP contribution in [0, 0.1) is 0 Å². The summed E-state index contributed by atoms with van der Waals surface area (Å²) < 4.78 is 33.4. The molecule has 0 saturated heterocycles. The quantitative estimate of drug-likeness (QED) is 0.270. The molecule has 7 heteroatoms. The van der Waals surface area contributed by atoms with E-state index in [1.165, 1.54) is 3.97 Å². The van der Waals surface area contributed by atoms with Crippen LogP contribution in [-0.4, -0.2) is 31.2 Å². The fourth-order valence-corrected chi connectivity index (χ4v) is 5.88. The Morgan fingerprint density at radius 3 is 2.34 bits per heavy atom. The molecule has 1 amide bonds. The van der Waals surface area contributed by atoms with E-state index in [1.807, 2.05) is 78.9 Å². The van der Waals surface area contributed by atoms with Crippen molar-refractivity contribution in [1.29, 1.82) is 0 Å². The second-order valence-electron chi connectivity index (χ2n) is 9.02. The number of amides is 1. The van der Waals surface area contributed by atoms with E-state index in [2.05, 4.69) is 5.32 Å². The molecule has 1 heterocycles. The molecule has 0 atom stereocenters. The Morgan fingerprint density at radius 2 is 1.58 bits per heavy atom. The molecule has 0 unspecified atom stereocenters. The van der Waals surface area contributed by atoms with Crippen LogP contribution in [0.3, 0.4) is 0 Å². The second kappa shape index (κ2) is 10.9. The number of nitrogens with one attached hydrogen (secondary N) is 1. The minimum absolute atomic E-state index is 0.0543. The number of carbonyl (C=O) groups excluding carboxylic acids is 1. The number of benzene rings is 4. The maximum atomic E-state index is 13.4.